The number of carbonyl (C=O) groups is 1. The minimum Gasteiger partial charge on any atom is -0.378 e. The first-order valence-corrected chi connectivity index (χ1v) is 13.2. The first-order chi connectivity index (χ1) is 15.4. The molecule has 3 aromatic heterocycles. The van der Waals surface area contributed by atoms with Crippen molar-refractivity contribution in [1.29, 1.82) is 0 Å². The Balaban J connectivity index is 1.33. The predicted octanol–water partition coefficient (Wildman–Crippen LogP) is 3.09. The standard InChI is InChI=1S/C21H23ClN4O4S2/c22-19-1-2-20(31-19)32(28,29)25-6-3-15(4-7-25)16-5-8-26-18(13-16)17(14-23-26)21(27)24-9-11-30-12-10-24/h1-2,5,8,13-15H,3-4,6-7,9-12H2. The Morgan fingerprint density at radius 2 is 1.88 bits per heavy atom. The number of fused-ring (bicyclic) bond motifs is 1. The van der Waals surface area contributed by atoms with Gasteiger partial charge in [0.25, 0.3) is 15.9 Å². The van der Waals surface area contributed by atoms with E-state index in [2.05, 4.69) is 5.10 Å². The Morgan fingerprint density at radius 3 is 2.56 bits per heavy atom. The molecule has 2 aliphatic heterocycles. The van der Waals surface area contributed by atoms with Crippen molar-refractivity contribution >= 4 is 44.4 Å². The quantitative estimate of drug-likeness (QED) is 0.556. The molecule has 0 atom stereocenters. The molecule has 0 unspecified atom stereocenters. The highest BCUT2D eigenvalue weighted by Crippen LogP contribution is 2.34. The van der Waals surface area contributed by atoms with E-state index in [9.17, 15) is 13.2 Å². The lowest BCUT2D eigenvalue weighted by atomic mass is 9.90. The van der Waals surface area contributed by atoms with E-state index >= 15 is 0 Å². The molecule has 2 aliphatic rings. The molecule has 8 nitrogen and oxygen atoms in total. The number of carbonyl (C=O) groups excluding carboxylic acids is 1. The highest BCUT2D eigenvalue weighted by Gasteiger charge is 2.31. The topological polar surface area (TPSA) is 84.2 Å². The Morgan fingerprint density at radius 1 is 1.12 bits per heavy atom. The van der Waals surface area contributed by atoms with Gasteiger partial charge in [0.05, 0.1) is 34.8 Å². The number of hydrogen-bond donors (Lipinski definition) is 0. The first-order valence-electron chi connectivity index (χ1n) is 10.5. The normalized spacial score (nSPS) is 19.0. The Hall–Kier alpha value is -1.98. The minimum absolute atomic E-state index is 0.0315. The number of morpholine rings is 1. The van der Waals surface area contributed by atoms with Crippen molar-refractivity contribution in [1.82, 2.24) is 18.8 Å². The van der Waals surface area contributed by atoms with Gasteiger partial charge in [-0.25, -0.2) is 12.9 Å². The molecule has 1 amide bonds. The third-order valence-electron chi connectivity index (χ3n) is 6.14. The summed E-state index contributed by atoms with van der Waals surface area (Å²) in [6.45, 7) is 3.17. The van der Waals surface area contributed by atoms with Crippen LogP contribution in [0.3, 0.4) is 0 Å². The maximum atomic E-state index is 13.0. The lowest BCUT2D eigenvalue weighted by Gasteiger charge is -2.31. The summed E-state index contributed by atoms with van der Waals surface area (Å²) in [7, 11) is -3.51. The molecule has 170 valence electrons. The van der Waals surface area contributed by atoms with E-state index in [1.807, 2.05) is 18.3 Å². The van der Waals surface area contributed by atoms with Gasteiger partial charge in [-0.2, -0.15) is 9.40 Å². The average Bonchev–Trinajstić information content (AvgIpc) is 3.45. The van der Waals surface area contributed by atoms with Crippen molar-refractivity contribution in [2.24, 2.45) is 0 Å². The first kappa shape index (κ1) is 21.8. The molecule has 0 N–H and O–H groups in total. The zero-order chi connectivity index (χ0) is 22.3. The number of halogens is 1. The molecule has 0 bridgehead atoms. The molecule has 5 rings (SSSR count). The molecule has 0 radical (unpaired) electrons. The maximum absolute atomic E-state index is 13.0. The van der Waals surface area contributed by atoms with Gasteiger partial charge >= 0.3 is 0 Å². The molecule has 0 spiro atoms. The molecule has 2 saturated heterocycles. The van der Waals surface area contributed by atoms with Gasteiger partial charge in [0.1, 0.15) is 4.21 Å². The SMILES string of the molecule is O=C(c1cnn2ccc(C3CCN(S(=O)(=O)c4ccc(Cl)s4)CC3)cc12)N1CCOCC1. The molecule has 2 fully saturated rings. The number of thiophene rings is 1. The molecular weight excluding hydrogens is 472 g/mol. The number of nitrogens with zero attached hydrogens (tertiary/aromatic N) is 4. The van der Waals surface area contributed by atoms with Crippen molar-refractivity contribution < 1.29 is 17.9 Å². The fourth-order valence-corrected chi connectivity index (χ4v) is 7.45. The zero-order valence-electron chi connectivity index (χ0n) is 17.3. The zero-order valence-corrected chi connectivity index (χ0v) is 19.7. The second kappa shape index (κ2) is 8.75. The van der Waals surface area contributed by atoms with Crippen LogP contribution in [-0.2, 0) is 14.8 Å². The van der Waals surface area contributed by atoms with Crippen molar-refractivity contribution in [3.63, 3.8) is 0 Å². The highest BCUT2D eigenvalue weighted by molar-refractivity contribution is 7.91. The van der Waals surface area contributed by atoms with E-state index in [-0.39, 0.29) is 16.0 Å². The molecule has 0 saturated carbocycles. The second-order valence-corrected chi connectivity index (χ2v) is 11.9. The van der Waals surface area contributed by atoms with Gasteiger partial charge in [0, 0.05) is 32.4 Å². The molecule has 5 heterocycles. The lowest BCUT2D eigenvalue weighted by Crippen LogP contribution is -2.40. The molecule has 3 aromatic rings. The summed E-state index contributed by atoms with van der Waals surface area (Å²) >= 11 is 7.01. The summed E-state index contributed by atoms with van der Waals surface area (Å²) in [6.07, 6.45) is 4.93. The van der Waals surface area contributed by atoms with Crippen LogP contribution in [0, 0.1) is 0 Å². The van der Waals surface area contributed by atoms with Gasteiger partial charge in [-0.05, 0) is 48.6 Å². The van der Waals surface area contributed by atoms with Crippen LogP contribution in [0.1, 0.15) is 34.7 Å². The van der Waals surface area contributed by atoms with Crippen molar-refractivity contribution in [3.8, 4) is 0 Å². The number of sulfonamides is 1. The van der Waals surface area contributed by atoms with Crippen LogP contribution >= 0.6 is 22.9 Å². The number of aromatic nitrogens is 2. The van der Waals surface area contributed by atoms with Crippen LogP contribution in [0.15, 0.2) is 40.9 Å². The summed E-state index contributed by atoms with van der Waals surface area (Å²) in [5.41, 5.74) is 2.47. The Kier molecular flexibility index (Phi) is 5.98. The number of rotatable bonds is 4. The van der Waals surface area contributed by atoms with E-state index < -0.39 is 10.0 Å². The van der Waals surface area contributed by atoms with Crippen molar-refractivity contribution in [2.75, 3.05) is 39.4 Å². The third-order valence-corrected chi connectivity index (χ3v) is 9.74. The fourth-order valence-electron chi connectivity index (χ4n) is 4.35. The second-order valence-electron chi connectivity index (χ2n) is 7.99. The minimum atomic E-state index is -3.51. The Bertz CT molecular complexity index is 1240. The Labute approximate surface area is 195 Å². The molecule has 11 heteroatoms. The van der Waals surface area contributed by atoms with Gasteiger partial charge in [-0.1, -0.05) is 11.6 Å². The number of pyridine rings is 1. The number of hydrogen-bond acceptors (Lipinski definition) is 6. The fraction of sp³-hybridized carbons (Fsp3) is 0.429. The smallest absolute Gasteiger partial charge is 0.257 e. The van der Waals surface area contributed by atoms with Crippen LogP contribution in [0.2, 0.25) is 4.34 Å². The van der Waals surface area contributed by atoms with Gasteiger partial charge < -0.3 is 9.64 Å². The molecular formula is C21H23ClN4O4S2. The summed E-state index contributed by atoms with van der Waals surface area (Å²) in [6, 6.07) is 7.21. The molecule has 32 heavy (non-hydrogen) atoms. The number of amides is 1. The summed E-state index contributed by atoms with van der Waals surface area (Å²) in [4.78, 5) is 14.8. The molecule has 0 aliphatic carbocycles. The molecule has 0 aromatic carbocycles. The van der Waals surface area contributed by atoms with Gasteiger partial charge in [0.2, 0.25) is 0 Å². The van der Waals surface area contributed by atoms with Gasteiger partial charge in [-0.15, -0.1) is 11.3 Å². The predicted molar refractivity (Wildman–Crippen MR) is 122 cm³/mol. The highest BCUT2D eigenvalue weighted by atomic mass is 35.5. The third kappa shape index (κ3) is 4.06. The number of piperidine rings is 1. The van der Waals surface area contributed by atoms with Crippen LogP contribution in [0.5, 0.6) is 0 Å². The van der Waals surface area contributed by atoms with E-state index in [1.165, 1.54) is 4.31 Å². The van der Waals surface area contributed by atoms with Gasteiger partial charge in [-0.3, -0.25) is 4.79 Å². The van der Waals surface area contributed by atoms with Crippen LogP contribution in [0.4, 0.5) is 0 Å². The van der Waals surface area contributed by atoms with E-state index in [4.69, 9.17) is 16.3 Å². The van der Waals surface area contributed by atoms with E-state index in [0.717, 1.165) is 35.3 Å². The summed E-state index contributed by atoms with van der Waals surface area (Å²) in [5.74, 6) is 0.190. The maximum Gasteiger partial charge on any atom is 0.257 e. The van der Waals surface area contributed by atoms with Gasteiger partial charge in [0.15, 0.2) is 0 Å². The largest absolute Gasteiger partial charge is 0.378 e. The lowest BCUT2D eigenvalue weighted by molar-refractivity contribution is 0.0304. The van der Waals surface area contributed by atoms with Crippen molar-refractivity contribution in [2.45, 2.75) is 23.0 Å². The van der Waals surface area contributed by atoms with Crippen LogP contribution in [0.25, 0.3) is 5.52 Å². The number of ether oxygens (including phenoxy) is 1. The van der Waals surface area contributed by atoms with E-state index in [0.29, 0.717) is 49.3 Å². The van der Waals surface area contributed by atoms with Crippen molar-refractivity contribution in [3.05, 3.63) is 52.1 Å². The summed E-state index contributed by atoms with van der Waals surface area (Å²) in [5, 5.41) is 4.34. The van der Waals surface area contributed by atoms with Crippen LogP contribution < -0.4 is 0 Å². The monoisotopic (exact) mass is 494 g/mol. The summed E-state index contributed by atoms with van der Waals surface area (Å²) < 4.78 is 35.1. The van der Waals surface area contributed by atoms with Crippen LogP contribution in [-0.4, -0.2) is 72.5 Å². The van der Waals surface area contributed by atoms with E-state index in [1.54, 1.807) is 27.7 Å². The average molecular weight is 495 g/mol.